The first-order valence-electron chi connectivity index (χ1n) is 6.45. The van der Waals surface area contributed by atoms with Gasteiger partial charge in [-0.05, 0) is 53.8 Å². The Balaban J connectivity index is 2.13. The van der Waals surface area contributed by atoms with Crippen LogP contribution in [0.25, 0.3) is 0 Å². The molecule has 100 valence electrons. The summed E-state index contributed by atoms with van der Waals surface area (Å²) in [6, 6.07) is 14.1. The van der Waals surface area contributed by atoms with Crippen LogP contribution >= 0.6 is 0 Å². The zero-order valence-electron chi connectivity index (χ0n) is 11.6. The first kappa shape index (κ1) is 13.6. The molecule has 0 fully saturated rings. The van der Waals surface area contributed by atoms with Crippen LogP contribution in [-0.2, 0) is 6.42 Å². The molecule has 2 aromatic carbocycles. The van der Waals surface area contributed by atoms with Crippen molar-refractivity contribution in [1.82, 2.24) is 0 Å². The molecule has 0 bridgehead atoms. The molecule has 0 saturated heterocycles. The quantitative estimate of drug-likeness (QED) is 0.734. The van der Waals surface area contributed by atoms with E-state index in [1.165, 1.54) is 17.7 Å². The number of hydrogen-bond donors (Lipinski definition) is 0. The second-order valence-corrected chi connectivity index (χ2v) is 5.94. The average Bonchev–Trinajstić information content (AvgIpc) is 2.30. The van der Waals surface area contributed by atoms with Crippen LogP contribution in [0.3, 0.4) is 0 Å². The van der Waals surface area contributed by atoms with Gasteiger partial charge in [-0.25, -0.2) is 4.39 Å². The van der Waals surface area contributed by atoms with Crippen LogP contribution in [0.1, 0.15) is 26.3 Å². The highest BCUT2D eigenvalue weighted by Gasteiger charge is 2.11. The van der Waals surface area contributed by atoms with Gasteiger partial charge in [0.1, 0.15) is 17.3 Å². The van der Waals surface area contributed by atoms with Gasteiger partial charge in [0, 0.05) is 0 Å². The Morgan fingerprint density at radius 3 is 2.26 bits per heavy atom. The fourth-order valence-corrected chi connectivity index (χ4v) is 1.97. The van der Waals surface area contributed by atoms with Crippen LogP contribution in [0.4, 0.5) is 4.39 Å². The summed E-state index contributed by atoms with van der Waals surface area (Å²) < 4.78 is 18.5. The van der Waals surface area contributed by atoms with Crippen LogP contribution < -0.4 is 4.74 Å². The Morgan fingerprint density at radius 2 is 1.63 bits per heavy atom. The monoisotopic (exact) mass is 258 g/mol. The van der Waals surface area contributed by atoms with Crippen molar-refractivity contribution in [3.63, 3.8) is 0 Å². The van der Waals surface area contributed by atoms with E-state index in [0.29, 0.717) is 5.75 Å². The number of benzene rings is 2. The van der Waals surface area contributed by atoms with Gasteiger partial charge >= 0.3 is 0 Å². The third kappa shape index (κ3) is 4.40. The fourth-order valence-electron chi connectivity index (χ4n) is 1.97. The molecule has 0 aliphatic carbocycles. The third-order valence-electron chi connectivity index (χ3n) is 2.68. The summed E-state index contributed by atoms with van der Waals surface area (Å²) in [6.07, 6.45) is 0.994. The van der Waals surface area contributed by atoms with Crippen LogP contribution in [0.15, 0.2) is 48.5 Å². The second kappa shape index (κ2) is 5.43. The maximum absolute atomic E-state index is 12.8. The molecule has 0 saturated carbocycles. The molecule has 0 unspecified atom stereocenters. The van der Waals surface area contributed by atoms with E-state index in [9.17, 15) is 4.39 Å². The van der Waals surface area contributed by atoms with Gasteiger partial charge in [0.2, 0.25) is 0 Å². The van der Waals surface area contributed by atoms with Crippen molar-refractivity contribution in [2.24, 2.45) is 5.41 Å². The molecule has 0 aliphatic heterocycles. The van der Waals surface area contributed by atoms with E-state index < -0.39 is 0 Å². The average molecular weight is 258 g/mol. The molecule has 1 nitrogen and oxygen atoms in total. The van der Waals surface area contributed by atoms with Gasteiger partial charge in [0.25, 0.3) is 0 Å². The summed E-state index contributed by atoms with van der Waals surface area (Å²) in [6.45, 7) is 6.63. The Bertz CT molecular complexity index is 538. The molecule has 0 aromatic heterocycles. The van der Waals surface area contributed by atoms with Crippen molar-refractivity contribution < 1.29 is 9.13 Å². The molecule has 0 heterocycles. The summed E-state index contributed by atoms with van der Waals surface area (Å²) in [5, 5.41) is 0. The van der Waals surface area contributed by atoms with Crippen molar-refractivity contribution in [2.45, 2.75) is 27.2 Å². The molecule has 0 atom stereocenters. The van der Waals surface area contributed by atoms with Crippen LogP contribution in [0, 0.1) is 11.2 Å². The Kier molecular flexibility index (Phi) is 3.89. The first-order chi connectivity index (χ1) is 8.92. The summed E-state index contributed by atoms with van der Waals surface area (Å²) >= 11 is 0. The standard InChI is InChI=1S/C17H19FO/c1-17(2,3)12-13-5-4-6-16(11-13)19-15-9-7-14(18)8-10-15/h4-11H,12H2,1-3H3. The van der Waals surface area contributed by atoms with E-state index in [2.05, 4.69) is 26.8 Å². The van der Waals surface area contributed by atoms with Gasteiger partial charge in [-0.2, -0.15) is 0 Å². The van der Waals surface area contributed by atoms with Gasteiger partial charge in [-0.1, -0.05) is 32.9 Å². The third-order valence-corrected chi connectivity index (χ3v) is 2.68. The van der Waals surface area contributed by atoms with Crippen molar-refractivity contribution >= 4 is 0 Å². The number of hydrogen-bond acceptors (Lipinski definition) is 1. The number of halogens is 1. The minimum Gasteiger partial charge on any atom is -0.457 e. The highest BCUT2D eigenvalue weighted by molar-refractivity contribution is 5.34. The Morgan fingerprint density at radius 1 is 0.947 bits per heavy atom. The van der Waals surface area contributed by atoms with Crippen molar-refractivity contribution in [2.75, 3.05) is 0 Å². The summed E-state index contributed by atoms with van der Waals surface area (Å²) in [5.41, 5.74) is 1.49. The molecular formula is C17H19FO. The molecule has 0 amide bonds. The molecule has 2 heteroatoms. The van der Waals surface area contributed by atoms with E-state index in [-0.39, 0.29) is 11.2 Å². The SMILES string of the molecule is CC(C)(C)Cc1cccc(Oc2ccc(F)cc2)c1. The van der Waals surface area contributed by atoms with Gasteiger partial charge < -0.3 is 4.74 Å². The van der Waals surface area contributed by atoms with E-state index in [1.807, 2.05) is 18.2 Å². The fraction of sp³-hybridized carbons (Fsp3) is 0.294. The topological polar surface area (TPSA) is 9.23 Å². The van der Waals surface area contributed by atoms with Gasteiger partial charge in [-0.15, -0.1) is 0 Å². The second-order valence-electron chi connectivity index (χ2n) is 5.94. The molecule has 0 radical (unpaired) electrons. The lowest BCUT2D eigenvalue weighted by Crippen LogP contribution is -2.08. The van der Waals surface area contributed by atoms with Crippen LogP contribution in [-0.4, -0.2) is 0 Å². The summed E-state index contributed by atoms with van der Waals surface area (Å²) in [5.74, 6) is 1.18. The number of rotatable bonds is 3. The first-order valence-corrected chi connectivity index (χ1v) is 6.45. The minimum atomic E-state index is -0.256. The lowest BCUT2D eigenvalue weighted by atomic mass is 9.88. The normalized spacial score (nSPS) is 11.4. The lowest BCUT2D eigenvalue weighted by Gasteiger charge is -2.18. The van der Waals surface area contributed by atoms with Gasteiger partial charge in [-0.3, -0.25) is 0 Å². The molecule has 0 N–H and O–H groups in total. The maximum atomic E-state index is 12.8. The maximum Gasteiger partial charge on any atom is 0.127 e. The summed E-state index contributed by atoms with van der Waals surface area (Å²) in [7, 11) is 0. The molecule has 0 spiro atoms. The van der Waals surface area contributed by atoms with Crippen molar-refractivity contribution in [1.29, 1.82) is 0 Å². The zero-order chi connectivity index (χ0) is 13.9. The lowest BCUT2D eigenvalue weighted by molar-refractivity contribution is 0.409. The van der Waals surface area contributed by atoms with E-state index in [1.54, 1.807) is 12.1 Å². The van der Waals surface area contributed by atoms with Crippen LogP contribution in [0.5, 0.6) is 11.5 Å². The molecule has 2 rings (SSSR count). The number of ether oxygens (including phenoxy) is 1. The van der Waals surface area contributed by atoms with Crippen LogP contribution in [0.2, 0.25) is 0 Å². The van der Waals surface area contributed by atoms with E-state index in [4.69, 9.17) is 4.74 Å². The Labute approximate surface area is 114 Å². The zero-order valence-corrected chi connectivity index (χ0v) is 11.6. The van der Waals surface area contributed by atoms with Gasteiger partial charge in [0.15, 0.2) is 0 Å². The molecule has 19 heavy (non-hydrogen) atoms. The predicted octanol–water partition coefficient (Wildman–Crippen LogP) is 5.21. The molecular weight excluding hydrogens is 239 g/mol. The highest BCUT2D eigenvalue weighted by Crippen LogP contribution is 2.26. The minimum absolute atomic E-state index is 0.245. The van der Waals surface area contributed by atoms with E-state index in [0.717, 1.165) is 12.2 Å². The largest absolute Gasteiger partial charge is 0.457 e. The Hall–Kier alpha value is -1.83. The predicted molar refractivity (Wildman–Crippen MR) is 76.1 cm³/mol. The molecule has 0 aliphatic rings. The van der Waals surface area contributed by atoms with E-state index >= 15 is 0 Å². The van der Waals surface area contributed by atoms with Crippen molar-refractivity contribution in [3.8, 4) is 11.5 Å². The van der Waals surface area contributed by atoms with Crippen molar-refractivity contribution in [3.05, 3.63) is 59.9 Å². The highest BCUT2D eigenvalue weighted by atomic mass is 19.1. The van der Waals surface area contributed by atoms with Gasteiger partial charge in [0.05, 0.1) is 0 Å². The smallest absolute Gasteiger partial charge is 0.127 e. The summed E-state index contributed by atoms with van der Waals surface area (Å²) in [4.78, 5) is 0. The molecule has 2 aromatic rings.